The summed E-state index contributed by atoms with van der Waals surface area (Å²) in [5.74, 6) is 0.493. The van der Waals surface area contributed by atoms with Crippen LogP contribution in [0.4, 0.5) is 5.69 Å². The third-order valence-corrected chi connectivity index (χ3v) is 5.39. The van der Waals surface area contributed by atoms with E-state index in [-0.39, 0.29) is 5.76 Å². The number of aliphatic hydroxyl groups is 1. The Kier molecular flexibility index (Phi) is 4.09. The molecule has 0 spiro atoms. The fourth-order valence-electron chi connectivity index (χ4n) is 3.25. The van der Waals surface area contributed by atoms with E-state index in [1.165, 1.54) is 16.9 Å². The van der Waals surface area contributed by atoms with Gasteiger partial charge >= 0.3 is 0 Å². The molecule has 0 bridgehead atoms. The number of thiazole rings is 1. The molecule has 1 aromatic heterocycles. The van der Waals surface area contributed by atoms with Crippen LogP contribution in [0.25, 0.3) is 16.8 Å². The van der Waals surface area contributed by atoms with Crippen molar-refractivity contribution in [3.63, 3.8) is 0 Å². The summed E-state index contributed by atoms with van der Waals surface area (Å²) in [6.45, 7) is 4.38. The second kappa shape index (κ2) is 6.42. The molecule has 130 valence electrons. The molecule has 0 unspecified atom stereocenters. The van der Waals surface area contributed by atoms with E-state index < -0.39 is 0 Å². The number of nitrogens with zero attached hydrogens (tertiary/aromatic N) is 2. The van der Waals surface area contributed by atoms with Gasteiger partial charge in [0, 0.05) is 16.6 Å². The summed E-state index contributed by atoms with van der Waals surface area (Å²) in [7, 11) is 0. The molecule has 0 atom stereocenters. The first-order chi connectivity index (χ1) is 12.5. The molecular formula is C21H19N3OS. The summed E-state index contributed by atoms with van der Waals surface area (Å²) in [5.41, 5.74) is 5.64. The standard InChI is InChI=1S/C21H19N3OS/c1-13-8-9-17(14(2)10-13)24-11-18(25)19(20(24)22)21-23-16(12-26-21)15-6-4-3-5-7-15/h3-10,12,22,25H,11H2,1-2H3. The second-order valence-electron chi connectivity index (χ2n) is 6.45. The Hall–Kier alpha value is -2.92. The fourth-order valence-corrected chi connectivity index (χ4v) is 4.14. The molecule has 0 saturated carbocycles. The zero-order chi connectivity index (χ0) is 18.3. The van der Waals surface area contributed by atoms with Crippen LogP contribution in [-0.2, 0) is 0 Å². The largest absolute Gasteiger partial charge is 0.510 e. The third kappa shape index (κ3) is 2.80. The van der Waals surface area contributed by atoms with Crippen molar-refractivity contribution in [2.24, 2.45) is 0 Å². The van der Waals surface area contributed by atoms with E-state index in [4.69, 9.17) is 5.41 Å². The molecule has 26 heavy (non-hydrogen) atoms. The van der Waals surface area contributed by atoms with E-state index in [1.807, 2.05) is 66.6 Å². The van der Waals surface area contributed by atoms with Gasteiger partial charge in [-0.05, 0) is 25.5 Å². The van der Waals surface area contributed by atoms with Crippen LogP contribution < -0.4 is 4.90 Å². The number of anilines is 1. The Morgan fingerprint density at radius 3 is 2.62 bits per heavy atom. The van der Waals surface area contributed by atoms with Crippen LogP contribution in [-0.4, -0.2) is 22.5 Å². The van der Waals surface area contributed by atoms with E-state index in [2.05, 4.69) is 11.1 Å². The summed E-state index contributed by atoms with van der Waals surface area (Å²) in [4.78, 5) is 6.50. The van der Waals surface area contributed by atoms with E-state index in [0.29, 0.717) is 23.0 Å². The zero-order valence-electron chi connectivity index (χ0n) is 14.7. The van der Waals surface area contributed by atoms with E-state index in [1.54, 1.807) is 0 Å². The van der Waals surface area contributed by atoms with Gasteiger partial charge in [0.05, 0.1) is 17.8 Å². The number of amidine groups is 1. The molecule has 1 aliphatic rings. The third-order valence-electron chi connectivity index (χ3n) is 4.53. The molecule has 0 saturated heterocycles. The van der Waals surface area contributed by atoms with Crippen molar-refractivity contribution in [2.45, 2.75) is 13.8 Å². The second-order valence-corrected chi connectivity index (χ2v) is 7.31. The first-order valence-electron chi connectivity index (χ1n) is 8.42. The minimum absolute atomic E-state index is 0.198. The van der Waals surface area contributed by atoms with Crippen molar-refractivity contribution >= 4 is 28.4 Å². The summed E-state index contributed by atoms with van der Waals surface area (Å²) in [5, 5.41) is 21.8. The number of benzene rings is 2. The van der Waals surface area contributed by atoms with Crippen LogP contribution in [0.2, 0.25) is 0 Å². The van der Waals surface area contributed by atoms with Gasteiger partial charge in [-0.2, -0.15) is 0 Å². The number of aliphatic hydroxyl groups excluding tert-OH is 1. The van der Waals surface area contributed by atoms with Crippen LogP contribution in [0, 0.1) is 19.3 Å². The lowest BCUT2D eigenvalue weighted by Crippen LogP contribution is -2.26. The van der Waals surface area contributed by atoms with Crippen molar-refractivity contribution in [3.8, 4) is 11.3 Å². The van der Waals surface area contributed by atoms with Crippen molar-refractivity contribution < 1.29 is 5.11 Å². The summed E-state index contributed by atoms with van der Waals surface area (Å²) >= 11 is 1.46. The molecule has 4 rings (SSSR count). The Bertz CT molecular complexity index is 1020. The fraction of sp³-hybridized carbons (Fsp3) is 0.143. The van der Waals surface area contributed by atoms with Gasteiger partial charge in [0.1, 0.15) is 16.6 Å². The predicted molar refractivity (Wildman–Crippen MR) is 108 cm³/mol. The smallest absolute Gasteiger partial charge is 0.139 e. The first kappa shape index (κ1) is 16.5. The molecule has 2 aromatic carbocycles. The Labute approximate surface area is 156 Å². The summed E-state index contributed by atoms with van der Waals surface area (Å²) in [6, 6.07) is 16.1. The molecule has 3 aromatic rings. The number of hydrogen-bond donors (Lipinski definition) is 2. The molecule has 4 nitrogen and oxygen atoms in total. The van der Waals surface area contributed by atoms with Gasteiger partial charge in [0.25, 0.3) is 0 Å². The van der Waals surface area contributed by atoms with Gasteiger partial charge < -0.3 is 10.0 Å². The average molecular weight is 361 g/mol. The van der Waals surface area contributed by atoms with Gasteiger partial charge in [-0.15, -0.1) is 11.3 Å². The van der Waals surface area contributed by atoms with Crippen LogP contribution in [0.5, 0.6) is 0 Å². The quantitative estimate of drug-likeness (QED) is 0.674. The van der Waals surface area contributed by atoms with Crippen molar-refractivity contribution in [1.82, 2.24) is 4.98 Å². The highest BCUT2D eigenvalue weighted by molar-refractivity contribution is 7.11. The van der Waals surface area contributed by atoms with Crippen LogP contribution in [0.15, 0.2) is 59.7 Å². The molecule has 0 amide bonds. The summed E-state index contributed by atoms with van der Waals surface area (Å²) < 4.78 is 0. The molecule has 2 heterocycles. The predicted octanol–water partition coefficient (Wildman–Crippen LogP) is 5.19. The van der Waals surface area contributed by atoms with Gasteiger partial charge in [0.2, 0.25) is 0 Å². The molecule has 2 N–H and O–H groups in total. The molecule has 0 radical (unpaired) electrons. The van der Waals surface area contributed by atoms with Crippen molar-refractivity contribution in [3.05, 3.63) is 75.8 Å². The number of hydrogen-bond acceptors (Lipinski definition) is 4. The Balaban J connectivity index is 1.67. The lowest BCUT2D eigenvalue weighted by atomic mass is 10.1. The molecular weight excluding hydrogens is 342 g/mol. The van der Waals surface area contributed by atoms with E-state index >= 15 is 0 Å². The maximum atomic E-state index is 10.5. The highest BCUT2D eigenvalue weighted by Gasteiger charge is 2.31. The minimum Gasteiger partial charge on any atom is -0.510 e. The van der Waals surface area contributed by atoms with Gasteiger partial charge in [-0.25, -0.2) is 4.98 Å². The SMILES string of the molecule is Cc1ccc(N2CC(O)=C(c3nc(-c4ccccc4)cs3)C2=N)c(C)c1. The normalized spacial score (nSPS) is 14.4. The van der Waals surface area contributed by atoms with Gasteiger partial charge in [-0.3, -0.25) is 5.41 Å². The number of nitrogens with one attached hydrogen (secondary N) is 1. The van der Waals surface area contributed by atoms with Gasteiger partial charge in [0.15, 0.2) is 0 Å². The topological polar surface area (TPSA) is 60.2 Å². The molecule has 5 heteroatoms. The first-order valence-corrected chi connectivity index (χ1v) is 9.29. The molecule has 0 fully saturated rings. The van der Waals surface area contributed by atoms with Crippen molar-refractivity contribution in [1.29, 1.82) is 5.41 Å². The highest BCUT2D eigenvalue weighted by atomic mass is 32.1. The average Bonchev–Trinajstić information content (AvgIpc) is 3.21. The maximum absolute atomic E-state index is 10.5. The van der Waals surface area contributed by atoms with E-state index in [0.717, 1.165) is 22.5 Å². The summed E-state index contributed by atoms with van der Waals surface area (Å²) in [6.07, 6.45) is 0. The number of aryl methyl sites for hydroxylation is 2. The van der Waals surface area contributed by atoms with Crippen LogP contribution in [0.1, 0.15) is 16.1 Å². The van der Waals surface area contributed by atoms with Crippen molar-refractivity contribution in [2.75, 3.05) is 11.4 Å². The minimum atomic E-state index is 0.198. The number of rotatable bonds is 3. The molecule has 1 aliphatic heterocycles. The highest BCUT2D eigenvalue weighted by Crippen LogP contribution is 2.35. The number of aromatic nitrogens is 1. The maximum Gasteiger partial charge on any atom is 0.139 e. The Morgan fingerprint density at radius 2 is 1.88 bits per heavy atom. The zero-order valence-corrected chi connectivity index (χ0v) is 15.5. The Morgan fingerprint density at radius 1 is 1.12 bits per heavy atom. The van der Waals surface area contributed by atoms with Crippen LogP contribution in [0.3, 0.4) is 0 Å². The lowest BCUT2D eigenvalue weighted by molar-refractivity contribution is 0.411. The monoisotopic (exact) mass is 361 g/mol. The van der Waals surface area contributed by atoms with Gasteiger partial charge in [-0.1, -0.05) is 48.0 Å². The van der Waals surface area contributed by atoms with Crippen LogP contribution >= 0.6 is 11.3 Å². The molecule has 0 aliphatic carbocycles. The van der Waals surface area contributed by atoms with E-state index in [9.17, 15) is 5.11 Å². The lowest BCUT2D eigenvalue weighted by Gasteiger charge is -2.21.